The van der Waals surface area contributed by atoms with Gasteiger partial charge in [0.05, 0.1) is 41.0 Å². The van der Waals surface area contributed by atoms with Gasteiger partial charge in [0.2, 0.25) is 0 Å². The van der Waals surface area contributed by atoms with E-state index in [0.29, 0.717) is 26.8 Å². The van der Waals surface area contributed by atoms with Crippen molar-refractivity contribution in [3.05, 3.63) is 38.3 Å². The summed E-state index contributed by atoms with van der Waals surface area (Å²) in [7, 11) is 0. The molecule has 0 bridgehead atoms. The van der Waals surface area contributed by atoms with Crippen molar-refractivity contribution in [1.82, 2.24) is 14.9 Å². The molecule has 2 heterocycles. The highest BCUT2D eigenvalue weighted by Crippen LogP contribution is 2.25. The largest absolute Gasteiger partial charge is 0.392 e. The third-order valence-corrected chi connectivity index (χ3v) is 5.54. The van der Waals surface area contributed by atoms with Crippen molar-refractivity contribution in [2.45, 2.75) is 44.1 Å². The number of hydrogen-bond acceptors (Lipinski definition) is 5. The minimum atomic E-state index is -0.752. The fraction of sp³-hybridized carbons (Fsp3) is 0.500. The monoisotopic (exact) mass is 415 g/mol. The van der Waals surface area contributed by atoms with E-state index in [0.717, 1.165) is 19.4 Å². The minimum Gasteiger partial charge on any atom is -0.392 e. The van der Waals surface area contributed by atoms with Gasteiger partial charge in [-0.15, -0.1) is 0 Å². The molecule has 1 aliphatic heterocycles. The molecule has 1 aliphatic rings. The molecule has 1 aromatic heterocycles. The molecule has 3 N–H and O–H groups in total. The molecule has 1 aromatic carbocycles. The van der Waals surface area contributed by atoms with Crippen LogP contribution in [0.15, 0.2) is 27.7 Å². The van der Waals surface area contributed by atoms with Crippen molar-refractivity contribution < 1.29 is 10.2 Å². The fourth-order valence-electron chi connectivity index (χ4n) is 3.05. The molecule has 3 rings (SSSR count). The minimum absolute atomic E-state index is 0.125. The zero-order valence-corrected chi connectivity index (χ0v) is 15.3. The van der Waals surface area contributed by atoms with Gasteiger partial charge in [-0.3, -0.25) is 9.36 Å². The van der Waals surface area contributed by atoms with Crippen LogP contribution in [0.2, 0.25) is 5.02 Å². The van der Waals surface area contributed by atoms with Gasteiger partial charge in [-0.05, 0) is 53.9 Å². The number of piperidine rings is 1. The predicted octanol–water partition coefficient (Wildman–Crippen LogP) is 1.68. The summed E-state index contributed by atoms with van der Waals surface area (Å²) in [5.74, 6) is 0. The highest BCUT2D eigenvalue weighted by atomic mass is 79.9. The molecule has 24 heavy (non-hydrogen) atoms. The first-order valence-corrected chi connectivity index (χ1v) is 9.06. The molecule has 0 radical (unpaired) electrons. The zero-order chi connectivity index (χ0) is 17.3. The third-order valence-electron chi connectivity index (χ3n) is 4.35. The van der Waals surface area contributed by atoms with E-state index in [1.807, 2.05) is 0 Å². The van der Waals surface area contributed by atoms with E-state index < -0.39 is 12.2 Å². The fourth-order valence-corrected chi connectivity index (χ4v) is 3.55. The molecule has 0 aliphatic carbocycles. The van der Waals surface area contributed by atoms with Crippen LogP contribution in [0.5, 0.6) is 0 Å². The number of nitrogens with one attached hydrogen (secondary N) is 1. The van der Waals surface area contributed by atoms with Crippen molar-refractivity contribution in [1.29, 1.82) is 0 Å². The van der Waals surface area contributed by atoms with Gasteiger partial charge in [0, 0.05) is 10.5 Å². The van der Waals surface area contributed by atoms with Gasteiger partial charge in [0.1, 0.15) is 0 Å². The number of hydrogen-bond donors (Lipinski definition) is 3. The summed E-state index contributed by atoms with van der Waals surface area (Å²) in [6.45, 7) is 0.958. The molecule has 6 nitrogen and oxygen atoms in total. The highest BCUT2D eigenvalue weighted by molar-refractivity contribution is 9.10. The molecule has 2 aromatic rings. The van der Waals surface area contributed by atoms with Crippen molar-refractivity contribution in [3.63, 3.8) is 0 Å². The van der Waals surface area contributed by atoms with E-state index in [2.05, 4.69) is 26.2 Å². The summed E-state index contributed by atoms with van der Waals surface area (Å²) < 4.78 is 2.06. The molecular weight excluding hydrogens is 398 g/mol. The second kappa shape index (κ2) is 7.49. The maximum absolute atomic E-state index is 12.6. The average molecular weight is 417 g/mol. The van der Waals surface area contributed by atoms with Crippen molar-refractivity contribution in [3.8, 4) is 0 Å². The highest BCUT2D eigenvalue weighted by Gasteiger charge is 2.25. The molecule has 130 valence electrons. The quantitative estimate of drug-likeness (QED) is 0.706. The number of nitrogens with zero attached hydrogens (tertiary/aromatic N) is 2. The van der Waals surface area contributed by atoms with Crippen LogP contribution in [-0.4, -0.2) is 44.6 Å². The maximum Gasteiger partial charge on any atom is 0.261 e. The van der Waals surface area contributed by atoms with Gasteiger partial charge in [-0.25, -0.2) is 4.98 Å². The lowest BCUT2D eigenvalue weighted by atomic mass is 9.96. The van der Waals surface area contributed by atoms with Crippen LogP contribution in [0.25, 0.3) is 10.9 Å². The smallest absolute Gasteiger partial charge is 0.261 e. The van der Waals surface area contributed by atoms with Crippen LogP contribution in [-0.2, 0) is 6.54 Å². The van der Waals surface area contributed by atoms with Crippen LogP contribution in [0.4, 0.5) is 0 Å². The Morgan fingerprint density at radius 1 is 1.50 bits per heavy atom. The topological polar surface area (TPSA) is 87.4 Å². The Hall–Kier alpha value is -0.990. The molecule has 8 heteroatoms. The van der Waals surface area contributed by atoms with Gasteiger partial charge in [-0.1, -0.05) is 11.6 Å². The number of halogens is 2. The molecule has 0 saturated carbocycles. The predicted molar refractivity (Wildman–Crippen MR) is 96.4 cm³/mol. The summed E-state index contributed by atoms with van der Waals surface area (Å²) in [4.78, 5) is 16.8. The SMILES string of the molecule is O=c1c2cc(Cl)c(Br)cc2ncn1C[C@H](O)C[C@H]1NCCC[C@@H]1O. The molecular formula is C16H19BrClN3O3. The Bertz CT molecular complexity index is 798. The molecule has 3 atom stereocenters. The Morgan fingerprint density at radius 2 is 2.29 bits per heavy atom. The molecule has 0 unspecified atom stereocenters. The van der Waals surface area contributed by atoms with Gasteiger partial charge in [-0.2, -0.15) is 0 Å². The molecule has 1 fully saturated rings. The lowest BCUT2D eigenvalue weighted by molar-refractivity contribution is 0.0539. The van der Waals surface area contributed by atoms with Crippen LogP contribution in [0.1, 0.15) is 19.3 Å². The van der Waals surface area contributed by atoms with Gasteiger partial charge < -0.3 is 15.5 Å². The van der Waals surface area contributed by atoms with Crippen LogP contribution in [0, 0.1) is 0 Å². The first kappa shape index (κ1) is 17.8. The van der Waals surface area contributed by atoms with E-state index in [9.17, 15) is 15.0 Å². The van der Waals surface area contributed by atoms with Crippen molar-refractivity contribution >= 4 is 38.4 Å². The number of rotatable bonds is 4. The van der Waals surface area contributed by atoms with Crippen LogP contribution < -0.4 is 10.9 Å². The Kier molecular flexibility index (Phi) is 5.56. The number of benzene rings is 1. The average Bonchev–Trinajstić information content (AvgIpc) is 2.54. The zero-order valence-electron chi connectivity index (χ0n) is 13.0. The number of aliphatic hydroxyl groups is 2. The van der Waals surface area contributed by atoms with Crippen LogP contribution in [0.3, 0.4) is 0 Å². The standard InChI is InChI=1S/C16H19BrClN3O3/c17-11-6-13-10(5-12(11)18)16(24)21(8-20-13)7-9(22)4-14-15(23)2-1-3-19-14/h5-6,8-9,14-15,19,22-23H,1-4,7H2/t9-,14-,15+/m1/s1. The summed E-state index contributed by atoms with van der Waals surface area (Å²) in [5, 5.41) is 24.3. The van der Waals surface area contributed by atoms with Crippen molar-refractivity contribution in [2.24, 2.45) is 0 Å². The summed E-state index contributed by atoms with van der Waals surface area (Å²) in [6.07, 6.45) is 2.26. The molecule has 0 amide bonds. The Morgan fingerprint density at radius 3 is 3.04 bits per heavy atom. The second-order valence-electron chi connectivity index (χ2n) is 6.15. The normalized spacial score (nSPS) is 22.7. The van der Waals surface area contributed by atoms with E-state index in [1.165, 1.54) is 10.9 Å². The van der Waals surface area contributed by atoms with E-state index in [1.54, 1.807) is 12.1 Å². The lowest BCUT2D eigenvalue weighted by Gasteiger charge is -2.30. The first-order chi connectivity index (χ1) is 11.5. The number of fused-ring (bicyclic) bond motifs is 1. The summed E-state index contributed by atoms with van der Waals surface area (Å²) in [5.41, 5.74) is 0.303. The first-order valence-electron chi connectivity index (χ1n) is 7.89. The maximum atomic E-state index is 12.6. The summed E-state index contributed by atoms with van der Waals surface area (Å²) >= 11 is 9.36. The Balaban J connectivity index is 1.78. The van der Waals surface area contributed by atoms with Gasteiger partial charge in [0.15, 0.2) is 0 Å². The third kappa shape index (κ3) is 3.81. The Labute approximate surface area is 152 Å². The van der Waals surface area contributed by atoms with E-state index in [-0.39, 0.29) is 18.1 Å². The van der Waals surface area contributed by atoms with Crippen LogP contribution >= 0.6 is 27.5 Å². The molecule has 1 saturated heterocycles. The van der Waals surface area contributed by atoms with Gasteiger partial charge >= 0.3 is 0 Å². The number of aliphatic hydroxyl groups excluding tert-OH is 2. The lowest BCUT2D eigenvalue weighted by Crippen LogP contribution is -2.47. The molecule has 0 spiro atoms. The second-order valence-corrected chi connectivity index (χ2v) is 7.41. The van der Waals surface area contributed by atoms with Crippen molar-refractivity contribution in [2.75, 3.05) is 6.54 Å². The summed E-state index contributed by atoms with van der Waals surface area (Å²) in [6, 6.07) is 3.12. The number of aromatic nitrogens is 2. The van der Waals surface area contributed by atoms with E-state index >= 15 is 0 Å². The van der Waals surface area contributed by atoms with E-state index in [4.69, 9.17) is 11.6 Å². The van der Waals surface area contributed by atoms with Gasteiger partial charge in [0.25, 0.3) is 5.56 Å².